The highest BCUT2D eigenvalue weighted by Gasteiger charge is 2.30. The summed E-state index contributed by atoms with van der Waals surface area (Å²) in [5, 5.41) is 18.2. The molecule has 6 nitrogen and oxygen atoms in total. The Labute approximate surface area is 107 Å². The highest BCUT2D eigenvalue weighted by Crippen LogP contribution is 2.18. The first-order chi connectivity index (χ1) is 8.51. The van der Waals surface area contributed by atoms with Gasteiger partial charge >= 0.3 is 12.0 Å². The Balaban J connectivity index is 2.65. The topological polar surface area (TPSA) is 81.1 Å². The molecule has 2 atom stereocenters. The van der Waals surface area contributed by atoms with Crippen LogP contribution in [0.1, 0.15) is 26.2 Å². The lowest BCUT2D eigenvalue weighted by molar-refractivity contribution is -0.142. The maximum absolute atomic E-state index is 12.2. The number of carbonyl (C=O) groups excluding carboxylic acids is 1. The number of rotatable bonds is 4. The van der Waals surface area contributed by atoms with Crippen LogP contribution < -0.4 is 0 Å². The first kappa shape index (κ1) is 14.8. The molecule has 2 amide bonds. The van der Waals surface area contributed by atoms with Gasteiger partial charge in [-0.15, -0.1) is 0 Å². The molecular weight excluding hydrogens is 236 g/mol. The summed E-state index contributed by atoms with van der Waals surface area (Å²) in [5.74, 6) is -0.870. The highest BCUT2D eigenvalue weighted by atomic mass is 16.4. The van der Waals surface area contributed by atoms with E-state index in [1.807, 2.05) is 0 Å². The Morgan fingerprint density at radius 2 is 2.17 bits per heavy atom. The van der Waals surface area contributed by atoms with Crippen molar-refractivity contribution in [1.29, 1.82) is 0 Å². The van der Waals surface area contributed by atoms with E-state index in [4.69, 9.17) is 10.2 Å². The van der Waals surface area contributed by atoms with Gasteiger partial charge in [-0.3, -0.25) is 0 Å². The number of carboxylic acid groups (broad SMARTS) is 1. The molecular formula is C12H22N2O4. The van der Waals surface area contributed by atoms with Crippen molar-refractivity contribution in [2.45, 2.75) is 32.2 Å². The molecule has 6 heteroatoms. The normalized spacial score (nSPS) is 21.5. The zero-order valence-corrected chi connectivity index (χ0v) is 11.0. The molecule has 0 aliphatic carbocycles. The van der Waals surface area contributed by atoms with E-state index < -0.39 is 12.0 Å². The van der Waals surface area contributed by atoms with E-state index in [9.17, 15) is 9.59 Å². The van der Waals surface area contributed by atoms with Crippen LogP contribution in [0.3, 0.4) is 0 Å². The Morgan fingerprint density at radius 3 is 2.67 bits per heavy atom. The summed E-state index contributed by atoms with van der Waals surface area (Å²) >= 11 is 0. The van der Waals surface area contributed by atoms with Crippen molar-refractivity contribution in [2.24, 2.45) is 5.92 Å². The van der Waals surface area contributed by atoms with Gasteiger partial charge in [0.2, 0.25) is 0 Å². The number of piperidine rings is 1. The number of carboxylic acids is 1. The summed E-state index contributed by atoms with van der Waals surface area (Å²) in [7, 11) is 1.52. The summed E-state index contributed by atoms with van der Waals surface area (Å²) in [5.41, 5.74) is 0. The van der Waals surface area contributed by atoms with Gasteiger partial charge in [0.1, 0.15) is 6.04 Å². The van der Waals surface area contributed by atoms with Crippen LogP contribution in [0.15, 0.2) is 0 Å². The third-order valence-electron chi connectivity index (χ3n) is 3.49. The molecule has 0 bridgehead atoms. The van der Waals surface area contributed by atoms with Gasteiger partial charge in [-0.1, -0.05) is 6.92 Å². The van der Waals surface area contributed by atoms with E-state index in [-0.39, 0.29) is 18.6 Å². The fourth-order valence-electron chi connectivity index (χ4n) is 2.36. The summed E-state index contributed by atoms with van der Waals surface area (Å²) in [6.45, 7) is 2.96. The SMILES string of the molecule is CCC(C(=O)O)N(C)C(=O)N1CCCC(CO)C1. The lowest BCUT2D eigenvalue weighted by Crippen LogP contribution is -2.51. The zero-order chi connectivity index (χ0) is 13.7. The number of aliphatic hydroxyl groups is 1. The van der Waals surface area contributed by atoms with Crippen LogP contribution in [-0.2, 0) is 4.79 Å². The van der Waals surface area contributed by atoms with E-state index in [1.54, 1.807) is 11.8 Å². The van der Waals surface area contributed by atoms with Crippen LogP contribution in [0.25, 0.3) is 0 Å². The number of urea groups is 1. The van der Waals surface area contributed by atoms with Crippen molar-refractivity contribution in [3.05, 3.63) is 0 Å². The molecule has 1 rings (SSSR count). The molecule has 1 saturated heterocycles. The number of amides is 2. The van der Waals surface area contributed by atoms with Crippen LogP contribution >= 0.6 is 0 Å². The van der Waals surface area contributed by atoms with Gasteiger partial charge in [-0.05, 0) is 25.2 Å². The van der Waals surface area contributed by atoms with Crippen molar-refractivity contribution in [2.75, 3.05) is 26.7 Å². The van der Waals surface area contributed by atoms with Gasteiger partial charge in [0.25, 0.3) is 0 Å². The van der Waals surface area contributed by atoms with Crippen LogP contribution in [0, 0.1) is 5.92 Å². The Bertz CT molecular complexity index is 308. The van der Waals surface area contributed by atoms with Crippen LogP contribution in [0.5, 0.6) is 0 Å². The predicted molar refractivity (Wildman–Crippen MR) is 66.3 cm³/mol. The molecule has 2 unspecified atom stereocenters. The summed E-state index contributed by atoms with van der Waals surface area (Å²) in [6, 6.07) is -1.05. The molecule has 1 heterocycles. The maximum Gasteiger partial charge on any atom is 0.326 e. The van der Waals surface area contributed by atoms with Crippen LogP contribution in [-0.4, -0.2) is 64.8 Å². The van der Waals surface area contributed by atoms with Crippen molar-refractivity contribution in [3.63, 3.8) is 0 Å². The molecule has 1 fully saturated rings. The fourth-order valence-corrected chi connectivity index (χ4v) is 2.36. The third kappa shape index (κ3) is 3.35. The van der Waals surface area contributed by atoms with Gasteiger partial charge in [0.05, 0.1) is 0 Å². The van der Waals surface area contributed by atoms with Crippen molar-refractivity contribution in [3.8, 4) is 0 Å². The minimum absolute atomic E-state index is 0.0730. The van der Waals surface area contributed by atoms with Gasteiger partial charge in [0.15, 0.2) is 0 Å². The second-order valence-electron chi connectivity index (χ2n) is 4.79. The number of aliphatic carboxylic acids is 1. The molecule has 0 aromatic heterocycles. The highest BCUT2D eigenvalue weighted by molar-refractivity contribution is 5.82. The second-order valence-corrected chi connectivity index (χ2v) is 4.79. The van der Waals surface area contributed by atoms with E-state index >= 15 is 0 Å². The molecule has 2 N–H and O–H groups in total. The predicted octanol–water partition coefficient (Wildman–Crippen LogP) is 0.606. The number of nitrogens with zero attached hydrogens (tertiary/aromatic N) is 2. The summed E-state index contributed by atoms with van der Waals surface area (Å²) < 4.78 is 0. The lowest BCUT2D eigenvalue weighted by Gasteiger charge is -2.36. The minimum Gasteiger partial charge on any atom is -0.480 e. The molecule has 1 aliphatic heterocycles. The fraction of sp³-hybridized carbons (Fsp3) is 0.833. The second kappa shape index (κ2) is 6.58. The van der Waals surface area contributed by atoms with Gasteiger partial charge in [-0.25, -0.2) is 9.59 Å². The number of carbonyl (C=O) groups is 2. The molecule has 104 valence electrons. The Kier molecular flexibility index (Phi) is 5.40. The van der Waals surface area contributed by atoms with E-state index in [0.717, 1.165) is 12.8 Å². The molecule has 0 aromatic carbocycles. The number of hydrogen-bond acceptors (Lipinski definition) is 3. The number of likely N-dealkylation sites (N-methyl/N-ethyl adjacent to an activating group) is 1. The molecule has 0 saturated carbocycles. The number of hydrogen-bond donors (Lipinski definition) is 2. The van der Waals surface area contributed by atoms with Crippen molar-refractivity contribution >= 4 is 12.0 Å². The standard InChI is InChI=1S/C12H22N2O4/c1-3-10(11(16)17)13(2)12(18)14-6-4-5-9(7-14)8-15/h9-10,15H,3-8H2,1-2H3,(H,16,17). The number of aliphatic hydroxyl groups excluding tert-OH is 1. The van der Waals surface area contributed by atoms with Gasteiger partial charge in [0, 0.05) is 26.7 Å². The minimum atomic E-state index is -0.982. The quantitative estimate of drug-likeness (QED) is 0.774. The number of likely N-dealkylation sites (tertiary alicyclic amines) is 1. The van der Waals surface area contributed by atoms with Crippen molar-refractivity contribution < 1.29 is 19.8 Å². The van der Waals surface area contributed by atoms with Gasteiger partial charge < -0.3 is 20.0 Å². The smallest absolute Gasteiger partial charge is 0.326 e. The van der Waals surface area contributed by atoms with E-state index in [1.165, 1.54) is 11.9 Å². The molecule has 0 aromatic rings. The molecule has 18 heavy (non-hydrogen) atoms. The Hall–Kier alpha value is -1.30. The maximum atomic E-state index is 12.2. The van der Waals surface area contributed by atoms with Crippen LogP contribution in [0.2, 0.25) is 0 Å². The molecule has 0 spiro atoms. The lowest BCUT2D eigenvalue weighted by atomic mass is 9.99. The summed E-state index contributed by atoms with van der Waals surface area (Å²) in [6.07, 6.45) is 2.16. The first-order valence-corrected chi connectivity index (χ1v) is 6.36. The van der Waals surface area contributed by atoms with E-state index in [2.05, 4.69) is 0 Å². The van der Waals surface area contributed by atoms with Crippen LogP contribution in [0.4, 0.5) is 4.79 Å². The molecule has 1 aliphatic rings. The van der Waals surface area contributed by atoms with E-state index in [0.29, 0.717) is 19.5 Å². The van der Waals surface area contributed by atoms with Gasteiger partial charge in [-0.2, -0.15) is 0 Å². The first-order valence-electron chi connectivity index (χ1n) is 6.36. The Morgan fingerprint density at radius 1 is 1.50 bits per heavy atom. The average Bonchev–Trinajstić information content (AvgIpc) is 2.38. The molecule has 0 radical (unpaired) electrons. The average molecular weight is 258 g/mol. The van der Waals surface area contributed by atoms with Crippen molar-refractivity contribution in [1.82, 2.24) is 9.80 Å². The third-order valence-corrected chi connectivity index (χ3v) is 3.49. The summed E-state index contributed by atoms with van der Waals surface area (Å²) in [4.78, 5) is 26.1. The monoisotopic (exact) mass is 258 g/mol. The zero-order valence-electron chi connectivity index (χ0n) is 11.0. The largest absolute Gasteiger partial charge is 0.480 e.